The first-order chi connectivity index (χ1) is 4.47. The summed E-state index contributed by atoms with van der Waals surface area (Å²) in [6.07, 6.45) is 7.93. The van der Waals surface area contributed by atoms with Crippen LogP contribution in [0.5, 0.6) is 0 Å². The largest absolute Gasteiger partial charge is 0.251 e. The lowest BCUT2D eigenvalue weighted by molar-refractivity contribution is 0.944. The second-order valence-electron chi connectivity index (χ2n) is 1.70. The van der Waals surface area contributed by atoms with E-state index in [9.17, 15) is 0 Å². The van der Waals surface area contributed by atoms with Gasteiger partial charge in [-0.3, -0.25) is 4.98 Å². The molecule has 2 aromatic rings. The van der Waals surface area contributed by atoms with Crippen molar-refractivity contribution in [3.63, 3.8) is 0 Å². The van der Waals surface area contributed by atoms with E-state index in [4.69, 9.17) is 0 Å². The standard InChI is InChI=1S/C6H4N3/c1-2-8-9-4-3-7-5-6(1)9/h1-4H. The fourth-order valence-corrected chi connectivity index (χ4v) is 0.721. The van der Waals surface area contributed by atoms with Crippen molar-refractivity contribution < 1.29 is 0 Å². The topological polar surface area (TPSA) is 30.2 Å². The van der Waals surface area contributed by atoms with E-state index in [2.05, 4.69) is 16.3 Å². The molecule has 0 aliphatic carbocycles. The molecule has 0 bridgehead atoms. The molecule has 0 amide bonds. The number of nitrogens with zero attached hydrogens (tertiary/aromatic N) is 3. The van der Waals surface area contributed by atoms with E-state index in [1.54, 1.807) is 23.1 Å². The molecule has 0 aromatic carbocycles. The number of hydrogen-bond donors (Lipinski definition) is 0. The van der Waals surface area contributed by atoms with Crippen LogP contribution in [0.15, 0.2) is 24.7 Å². The molecule has 0 atom stereocenters. The molecule has 3 nitrogen and oxygen atoms in total. The zero-order valence-corrected chi connectivity index (χ0v) is 4.65. The molecule has 0 aliphatic rings. The van der Waals surface area contributed by atoms with Crippen molar-refractivity contribution >= 4 is 5.52 Å². The van der Waals surface area contributed by atoms with Crippen molar-refractivity contribution in [1.29, 1.82) is 0 Å². The van der Waals surface area contributed by atoms with E-state index >= 15 is 0 Å². The van der Waals surface area contributed by atoms with Gasteiger partial charge in [0.15, 0.2) is 0 Å². The Morgan fingerprint density at radius 3 is 3.33 bits per heavy atom. The normalized spacial score (nSPS) is 10.2. The zero-order chi connectivity index (χ0) is 6.10. The summed E-state index contributed by atoms with van der Waals surface area (Å²) in [6, 6.07) is 1.85. The lowest BCUT2D eigenvalue weighted by Crippen LogP contribution is -1.84. The van der Waals surface area contributed by atoms with Crippen LogP contribution in [0.1, 0.15) is 0 Å². The van der Waals surface area contributed by atoms with Crippen LogP contribution in [0.25, 0.3) is 5.52 Å². The Hall–Kier alpha value is -1.38. The van der Waals surface area contributed by atoms with Crippen molar-refractivity contribution in [1.82, 2.24) is 14.6 Å². The summed E-state index contributed by atoms with van der Waals surface area (Å²) in [5, 5.41) is 3.96. The third-order valence-corrected chi connectivity index (χ3v) is 1.13. The Morgan fingerprint density at radius 2 is 2.44 bits per heavy atom. The maximum atomic E-state index is 3.96. The van der Waals surface area contributed by atoms with Crippen molar-refractivity contribution in [3.8, 4) is 0 Å². The predicted octanol–water partition coefficient (Wildman–Crippen LogP) is 0.529. The maximum Gasteiger partial charge on any atom is 0.117 e. The third kappa shape index (κ3) is 0.579. The summed E-state index contributed by atoms with van der Waals surface area (Å²) < 4.78 is 1.72. The average molecular weight is 118 g/mol. The molecule has 0 saturated heterocycles. The van der Waals surface area contributed by atoms with Crippen LogP contribution in [-0.2, 0) is 0 Å². The molecule has 3 heteroatoms. The molecular formula is C6H4N3. The van der Waals surface area contributed by atoms with Gasteiger partial charge < -0.3 is 0 Å². The minimum absolute atomic E-state index is 0.900. The van der Waals surface area contributed by atoms with E-state index in [1.807, 2.05) is 6.07 Å². The second kappa shape index (κ2) is 1.55. The van der Waals surface area contributed by atoms with Crippen molar-refractivity contribution in [3.05, 3.63) is 30.9 Å². The minimum Gasteiger partial charge on any atom is -0.251 e. The molecule has 0 saturated carbocycles. The first-order valence-corrected chi connectivity index (χ1v) is 2.63. The summed E-state index contributed by atoms with van der Waals surface area (Å²) in [6.45, 7) is 0. The number of aromatic nitrogens is 3. The van der Waals surface area contributed by atoms with Crippen molar-refractivity contribution in [2.45, 2.75) is 0 Å². The van der Waals surface area contributed by atoms with Crippen LogP contribution in [-0.4, -0.2) is 14.6 Å². The molecule has 2 aromatic heterocycles. The van der Waals surface area contributed by atoms with Crippen molar-refractivity contribution in [2.75, 3.05) is 0 Å². The van der Waals surface area contributed by atoms with E-state index < -0.39 is 0 Å². The molecule has 1 radical (unpaired) electrons. The van der Waals surface area contributed by atoms with Crippen LogP contribution in [0.2, 0.25) is 0 Å². The lowest BCUT2D eigenvalue weighted by Gasteiger charge is -1.85. The first-order valence-electron chi connectivity index (χ1n) is 2.63. The summed E-state index contributed by atoms with van der Waals surface area (Å²) in [5.41, 5.74) is 0.900. The van der Waals surface area contributed by atoms with E-state index in [0.717, 1.165) is 5.52 Å². The van der Waals surface area contributed by atoms with Crippen LogP contribution >= 0.6 is 0 Å². The lowest BCUT2D eigenvalue weighted by atomic mass is 10.5. The molecule has 2 rings (SSSR count). The third-order valence-electron chi connectivity index (χ3n) is 1.13. The van der Waals surface area contributed by atoms with Gasteiger partial charge in [0.25, 0.3) is 0 Å². The molecule has 0 aliphatic heterocycles. The fourth-order valence-electron chi connectivity index (χ4n) is 0.721. The van der Waals surface area contributed by atoms with Crippen molar-refractivity contribution in [2.24, 2.45) is 0 Å². The van der Waals surface area contributed by atoms with Gasteiger partial charge in [-0.25, -0.2) is 4.52 Å². The Bertz CT molecular complexity index is 282. The van der Waals surface area contributed by atoms with Crippen LogP contribution in [0, 0.1) is 6.20 Å². The van der Waals surface area contributed by atoms with Crippen LogP contribution < -0.4 is 0 Å². The summed E-state index contributed by atoms with van der Waals surface area (Å²) in [5.74, 6) is 0. The monoisotopic (exact) mass is 118 g/mol. The summed E-state index contributed by atoms with van der Waals surface area (Å²) in [4.78, 5) is 3.80. The molecule has 9 heavy (non-hydrogen) atoms. The van der Waals surface area contributed by atoms with Gasteiger partial charge in [-0.2, -0.15) is 5.10 Å². The van der Waals surface area contributed by atoms with Crippen LogP contribution in [0.3, 0.4) is 0 Å². The quantitative estimate of drug-likeness (QED) is 0.505. The Labute approximate surface area is 52.0 Å². The summed E-state index contributed by atoms with van der Waals surface area (Å²) in [7, 11) is 0. The molecule has 43 valence electrons. The van der Waals surface area contributed by atoms with Gasteiger partial charge in [-0.1, -0.05) is 0 Å². The Morgan fingerprint density at radius 1 is 1.44 bits per heavy atom. The van der Waals surface area contributed by atoms with Gasteiger partial charge in [-0.05, 0) is 6.07 Å². The van der Waals surface area contributed by atoms with Gasteiger partial charge in [0.2, 0.25) is 0 Å². The zero-order valence-electron chi connectivity index (χ0n) is 4.65. The highest BCUT2D eigenvalue weighted by Gasteiger charge is 1.87. The van der Waals surface area contributed by atoms with E-state index in [0.29, 0.717) is 0 Å². The predicted molar refractivity (Wildman–Crippen MR) is 31.8 cm³/mol. The molecule has 0 unspecified atom stereocenters. The Kier molecular flexibility index (Phi) is 0.773. The fraction of sp³-hybridized carbons (Fsp3) is 0. The number of fused-ring (bicyclic) bond motifs is 1. The molecule has 2 heterocycles. The van der Waals surface area contributed by atoms with E-state index in [-0.39, 0.29) is 0 Å². The highest BCUT2D eigenvalue weighted by Crippen LogP contribution is 1.94. The molecule has 0 N–H and O–H groups in total. The maximum absolute atomic E-state index is 3.96. The molecule has 0 spiro atoms. The number of rotatable bonds is 0. The molecular weight excluding hydrogens is 114 g/mol. The number of hydrogen-bond acceptors (Lipinski definition) is 2. The van der Waals surface area contributed by atoms with Gasteiger partial charge in [0.05, 0.1) is 11.7 Å². The Balaban J connectivity index is 2.95. The SMILES string of the molecule is [c]1nccn2nccc12. The van der Waals surface area contributed by atoms with Gasteiger partial charge in [0.1, 0.15) is 6.20 Å². The molecule has 0 fully saturated rings. The minimum atomic E-state index is 0.900. The second-order valence-corrected chi connectivity index (χ2v) is 1.70. The van der Waals surface area contributed by atoms with Gasteiger partial charge in [0, 0.05) is 12.4 Å². The average Bonchev–Trinajstić information content (AvgIpc) is 2.33. The smallest absolute Gasteiger partial charge is 0.117 e. The van der Waals surface area contributed by atoms with Gasteiger partial charge >= 0.3 is 0 Å². The van der Waals surface area contributed by atoms with Crippen LogP contribution in [0.4, 0.5) is 0 Å². The highest BCUT2D eigenvalue weighted by atomic mass is 15.2. The first kappa shape index (κ1) is 4.49. The van der Waals surface area contributed by atoms with E-state index in [1.165, 1.54) is 0 Å². The highest BCUT2D eigenvalue weighted by molar-refractivity contribution is 5.40. The van der Waals surface area contributed by atoms with Gasteiger partial charge in [-0.15, -0.1) is 0 Å². The summed E-state index contributed by atoms with van der Waals surface area (Å²) >= 11 is 0.